The van der Waals surface area contributed by atoms with Gasteiger partial charge in [-0.25, -0.2) is 0 Å². The Labute approximate surface area is 223 Å². The van der Waals surface area contributed by atoms with Crippen molar-refractivity contribution in [3.63, 3.8) is 0 Å². The van der Waals surface area contributed by atoms with E-state index in [0.29, 0.717) is 29.5 Å². The number of hydrogen-bond acceptors (Lipinski definition) is 4. The van der Waals surface area contributed by atoms with Crippen LogP contribution in [0.15, 0.2) is 48.5 Å². The lowest BCUT2D eigenvalue weighted by atomic mass is 9.66. The number of rotatable bonds is 7. The Morgan fingerprint density at radius 2 is 1.83 bits per heavy atom. The zero-order valence-electron chi connectivity index (χ0n) is 20.7. The van der Waals surface area contributed by atoms with Crippen molar-refractivity contribution in [2.24, 2.45) is 5.41 Å². The normalized spacial score (nSPS) is 29.3. The zero-order valence-corrected chi connectivity index (χ0v) is 23.0. The van der Waals surface area contributed by atoms with Gasteiger partial charge in [-0.3, -0.25) is 4.79 Å². The third-order valence-electron chi connectivity index (χ3n) is 7.27. The van der Waals surface area contributed by atoms with Crippen LogP contribution in [0.1, 0.15) is 70.0 Å². The van der Waals surface area contributed by atoms with Gasteiger partial charge in [0.2, 0.25) is 5.91 Å². The number of piperidine rings is 1. The van der Waals surface area contributed by atoms with Crippen molar-refractivity contribution in [2.45, 2.75) is 76.9 Å². The molecule has 2 aliphatic heterocycles. The Hall–Kier alpha value is -1.50. The zero-order chi connectivity index (χ0) is 25.4. The van der Waals surface area contributed by atoms with Gasteiger partial charge in [0, 0.05) is 26.7 Å². The van der Waals surface area contributed by atoms with Crippen molar-refractivity contribution in [3.8, 4) is 0 Å². The van der Waals surface area contributed by atoms with Crippen LogP contribution in [-0.4, -0.2) is 40.7 Å². The van der Waals surface area contributed by atoms with Crippen LogP contribution in [0.3, 0.4) is 0 Å². The molecule has 0 N–H and O–H groups in total. The first kappa shape index (κ1) is 26.6. The maximum atomic E-state index is 14.4. The molecule has 1 amide bonds. The first-order chi connectivity index (χ1) is 16.6. The number of thiocarbonyl (C=S) groups is 1. The van der Waals surface area contributed by atoms with Crippen molar-refractivity contribution in [1.29, 1.82) is 0 Å². The molecule has 2 aromatic rings. The molecule has 2 saturated heterocycles. The molecule has 2 fully saturated rings. The lowest BCUT2D eigenvalue weighted by Crippen LogP contribution is -2.56. The summed E-state index contributed by atoms with van der Waals surface area (Å²) >= 11 is 18.1. The number of likely N-dealkylation sites (tertiary alicyclic amines) is 1. The highest BCUT2D eigenvalue weighted by atomic mass is 35.5. The van der Waals surface area contributed by atoms with Gasteiger partial charge in [0.15, 0.2) is 5.79 Å². The van der Waals surface area contributed by atoms with E-state index < -0.39 is 11.2 Å². The van der Waals surface area contributed by atoms with Crippen LogP contribution in [0.2, 0.25) is 10.0 Å². The van der Waals surface area contributed by atoms with Crippen LogP contribution in [0.5, 0.6) is 0 Å². The molecule has 4 rings (SSSR count). The Kier molecular flexibility index (Phi) is 7.94. The molecule has 7 heteroatoms. The predicted octanol–water partition coefficient (Wildman–Crippen LogP) is 7.38. The summed E-state index contributed by atoms with van der Waals surface area (Å²) in [4.78, 5) is 16.4. The van der Waals surface area contributed by atoms with E-state index in [9.17, 15) is 4.79 Å². The summed E-state index contributed by atoms with van der Waals surface area (Å²) in [5, 5.41) is 3.06. The van der Waals surface area contributed by atoms with Crippen LogP contribution in [-0.2, 0) is 14.3 Å². The fourth-order valence-corrected chi connectivity index (χ4v) is 6.31. The Morgan fingerprint density at radius 1 is 1.11 bits per heavy atom. The first-order valence-corrected chi connectivity index (χ1v) is 13.4. The second-order valence-corrected chi connectivity index (χ2v) is 11.5. The van der Waals surface area contributed by atoms with Gasteiger partial charge in [-0.05, 0) is 68.5 Å². The molecule has 2 heterocycles. The smallest absolute Gasteiger partial charge is 0.229 e. The SMILES string of the molecule is CC[C@@H](C=S)N1C(=O)[C@@](C)(CC2COC(C)(C)O2)C[C@H](c2cccc(Cl)c2)C1c1ccc(Cl)cc1. The summed E-state index contributed by atoms with van der Waals surface area (Å²) in [7, 11) is 0. The van der Waals surface area contributed by atoms with Gasteiger partial charge in [-0.1, -0.05) is 73.5 Å². The summed E-state index contributed by atoms with van der Waals surface area (Å²) < 4.78 is 12.0. The molecule has 0 spiro atoms. The number of benzene rings is 2. The van der Waals surface area contributed by atoms with Gasteiger partial charge in [0.1, 0.15) is 0 Å². The van der Waals surface area contributed by atoms with E-state index >= 15 is 0 Å². The molecule has 0 aliphatic carbocycles. The van der Waals surface area contributed by atoms with E-state index in [1.165, 1.54) is 0 Å². The van der Waals surface area contributed by atoms with E-state index in [0.717, 1.165) is 17.5 Å². The third-order valence-corrected chi connectivity index (χ3v) is 8.07. The minimum Gasteiger partial charge on any atom is -0.348 e. The lowest BCUT2D eigenvalue weighted by molar-refractivity contribution is -0.161. The standard InChI is InChI=1S/C28H33Cl2NO3S/c1-5-22(17-35)31-25(18-9-11-20(29)12-10-18)24(19-7-6-8-21(30)13-19)15-28(4,26(31)32)14-23-16-33-27(2,3)34-23/h6-13,17,22-25H,5,14-16H2,1-4H3/t22-,23?,24+,25?,28-/m0/s1. The van der Waals surface area contributed by atoms with Crippen LogP contribution in [0, 0.1) is 5.41 Å². The topological polar surface area (TPSA) is 38.8 Å². The lowest BCUT2D eigenvalue weighted by Gasteiger charge is -2.52. The van der Waals surface area contributed by atoms with Gasteiger partial charge in [0.05, 0.1) is 24.8 Å². The molecule has 2 unspecified atom stereocenters. The van der Waals surface area contributed by atoms with Crippen LogP contribution >= 0.6 is 35.4 Å². The maximum absolute atomic E-state index is 14.4. The molecular weight excluding hydrogens is 501 g/mol. The minimum atomic E-state index is -0.657. The number of amides is 1. The molecule has 188 valence electrons. The highest BCUT2D eigenvalue weighted by Crippen LogP contribution is 2.53. The predicted molar refractivity (Wildman–Crippen MR) is 145 cm³/mol. The first-order valence-electron chi connectivity index (χ1n) is 12.2. The number of carbonyl (C=O) groups excluding carboxylic acids is 1. The molecule has 0 bridgehead atoms. The maximum Gasteiger partial charge on any atom is 0.229 e. The Morgan fingerprint density at radius 3 is 2.40 bits per heavy atom. The average Bonchev–Trinajstić information content (AvgIpc) is 3.15. The third kappa shape index (κ3) is 5.60. The van der Waals surface area contributed by atoms with E-state index in [-0.39, 0.29) is 30.0 Å². The van der Waals surface area contributed by atoms with Gasteiger partial charge in [-0.15, -0.1) is 0 Å². The second-order valence-electron chi connectivity index (χ2n) is 10.4. The number of nitrogens with zero attached hydrogens (tertiary/aromatic N) is 1. The van der Waals surface area contributed by atoms with Crippen molar-refractivity contribution in [1.82, 2.24) is 4.90 Å². The largest absolute Gasteiger partial charge is 0.348 e. The van der Waals surface area contributed by atoms with E-state index in [1.54, 1.807) is 5.37 Å². The van der Waals surface area contributed by atoms with Crippen molar-refractivity contribution in [2.75, 3.05) is 6.61 Å². The molecule has 35 heavy (non-hydrogen) atoms. The number of hydrogen-bond donors (Lipinski definition) is 0. The highest BCUT2D eigenvalue weighted by Gasteiger charge is 2.52. The monoisotopic (exact) mass is 533 g/mol. The van der Waals surface area contributed by atoms with E-state index in [4.69, 9.17) is 44.9 Å². The molecule has 0 radical (unpaired) electrons. The van der Waals surface area contributed by atoms with Crippen molar-refractivity contribution in [3.05, 3.63) is 69.7 Å². The number of carbonyl (C=O) groups is 1. The summed E-state index contributed by atoms with van der Waals surface area (Å²) in [6.07, 6.45) is 1.81. The van der Waals surface area contributed by atoms with E-state index in [2.05, 4.69) is 19.9 Å². The molecule has 4 nitrogen and oxygen atoms in total. The Balaban J connectivity index is 1.83. The van der Waals surface area contributed by atoms with E-state index in [1.807, 2.05) is 61.2 Å². The second kappa shape index (κ2) is 10.5. The number of halogens is 2. The summed E-state index contributed by atoms with van der Waals surface area (Å²) in [5.74, 6) is -0.536. The van der Waals surface area contributed by atoms with Crippen LogP contribution in [0.25, 0.3) is 0 Å². The molecule has 0 saturated carbocycles. The van der Waals surface area contributed by atoms with Crippen LogP contribution < -0.4 is 0 Å². The van der Waals surface area contributed by atoms with Crippen molar-refractivity contribution >= 4 is 46.7 Å². The highest BCUT2D eigenvalue weighted by molar-refractivity contribution is 7.79. The van der Waals surface area contributed by atoms with Gasteiger partial charge in [0.25, 0.3) is 0 Å². The van der Waals surface area contributed by atoms with Gasteiger partial charge in [-0.2, -0.15) is 0 Å². The fraction of sp³-hybridized carbons (Fsp3) is 0.500. The van der Waals surface area contributed by atoms with Gasteiger partial charge >= 0.3 is 0 Å². The van der Waals surface area contributed by atoms with Crippen LogP contribution in [0.4, 0.5) is 0 Å². The molecule has 5 atom stereocenters. The average molecular weight is 535 g/mol. The number of ether oxygens (including phenoxy) is 2. The summed E-state index contributed by atoms with van der Waals surface area (Å²) in [5.41, 5.74) is 1.48. The molecule has 0 aromatic heterocycles. The fourth-order valence-electron chi connectivity index (χ4n) is 5.66. The van der Waals surface area contributed by atoms with Gasteiger partial charge < -0.3 is 14.4 Å². The molecule has 2 aliphatic rings. The summed E-state index contributed by atoms with van der Waals surface area (Å²) in [6.45, 7) is 8.42. The van der Waals surface area contributed by atoms with Crippen molar-refractivity contribution < 1.29 is 14.3 Å². The summed E-state index contributed by atoms with van der Waals surface area (Å²) in [6, 6.07) is 15.4. The molecule has 2 aromatic carbocycles. The quantitative estimate of drug-likeness (QED) is 0.348. The minimum absolute atomic E-state index is 0.0110. The Bertz CT molecular complexity index is 1080. The molecular formula is C28H33Cl2NO3S.